The molecule has 2 heterocycles. The van der Waals surface area contributed by atoms with Crippen LogP contribution in [0.3, 0.4) is 0 Å². The number of hydrogen-bond acceptors (Lipinski definition) is 4. The molecule has 2 aromatic carbocycles. The van der Waals surface area contributed by atoms with Gasteiger partial charge < -0.3 is 14.3 Å². The molecule has 2 aliphatic rings. The zero-order chi connectivity index (χ0) is 15.8. The molecule has 5 heteroatoms. The van der Waals surface area contributed by atoms with Crippen molar-refractivity contribution >= 4 is 5.71 Å². The monoisotopic (exact) mass is 313 g/mol. The molecular formula is C18H16FNO3. The van der Waals surface area contributed by atoms with Crippen molar-refractivity contribution in [2.24, 2.45) is 5.16 Å². The third-order valence-corrected chi connectivity index (χ3v) is 4.19. The zero-order valence-electron chi connectivity index (χ0n) is 12.7. The van der Waals surface area contributed by atoms with E-state index in [1.54, 1.807) is 13.2 Å². The first kappa shape index (κ1) is 14.1. The Balaban J connectivity index is 1.61. The third kappa shape index (κ3) is 2.52. The Morgan fingerprint density at radius 3 is 3.00 bits per heavy atom. The number of halogens is 1. The fourth-order valence-corrected chi connectivity index (χ4v) is 3.02. The number of nitrogens with zero attached hydrogens (tertiary/aromatic N) is 1. The maximum atomic E-state index is 13.4. The van der Waals surface area contributed by atoms with Gasteiger partial charge in [-0.25, -0.2) is 4.39 Å². The molecule has 0 amide bonds. The van der Waals surface area contributed by atoms with Crippen LogP contribution >= 0.6 is 0 Å². The highest BCUT2D eigenvalue weighted by Crippen LogP contribution is 2.38. The first-order valence-electron chi connectivity index (χ1n) is 7.57. The van der Waals surface area contributed by atoms with Gasteiger partial charge in [-0.3, -0.25) is 0 Å². The summed E-state index contributed by atoms with van der Waals surface area (Å²) in [5, 5.41) is 4.19. The van der Waals surface area contributed by atoms with E-state index in [9.17, 15) is 4.39 Å². The van der Waals surface area contributed by atoms with Gasteiger partial charge in [-0.15, -0.1) is 0 Å². The number of benzene rings is 2. The molecule has 0 saturated heterocycles. The second kappa shape index (κ2) is 5.57. The zero-order valence-corrected chi connectivity index (χ0v) is 12.7. The Labute approximate surface area is 133 Å². The van der Waals surface area contributed by atoms with Gasteiger partial charge in [0.05, 0.1) is 19.4 Å². The van der Waals surface area contributed by atoms with Crippen LogP contribution in [0.25, 0.3) is 0 Å². The number of rotatable bonds is 3. The average Bonchev–Trinajstić information content (AvgIpc) is 3.23. The molecular weight excluding hydrogens is 297 g/mol. The lowest BCUT2D eigenvalue weighted by atomic mass is 9.98. The summed E-state index contributed by atoms with van der Waals surface area (Å²) < 4.78 is 24.4. The molecule has 0 aliphatic carbocycles. The first-order chi connectivity index (χ1) is 11.2. The molecule has 2 aromatic rings. The highest BCUT2D eigenvalue weighted by molar-refractivity contribution is 6.02. The molecule has 0 radical (unpaired) electrons. The summed E-state index contributed by atoms with van der Waals surface area (Å²) in [6.45, 7) is 0.671. The molecule has 4 nitrogen and oxygen atoms in total. The van der Waals surface area contributed by atoms with Crippen LogP contribution in [-0.4, -0.2) is 19.4 Å². The van der Waals surface area contributed by atoms with Crippen LogP contribution in [-0.2, 0) is 11.3 Å². The first-order valence-corrected chi connectivity index (χ1v) is 7.57. The maximum Gasteiger partial charge on any atom is 0.164 e. The van der Waals surface area contributed by atoms with E-state index >= 15 is 0 Å². The topological polar surface area (TPSA) is 40.0 Å². The number of hydrogen-bond donors (Lipinski definition) is 0. The smallest absolute Gasteiger partial charge is 0.164 e. The van der Waals surface area contributed by atoms with Crippen molar-refractivity contribution in [3.05, 3.63) is 58.9 Å². The molecule has 0 bridgehead atoms. The lowest BCUT2D eigenvalue weighted by molar-refractivity contribution is 0.0855. The predicted molar refractivity (Wildman–Crippen MR) is 83.6 cm³/mol. The van der Waals surface area contributed by atoms with Crippen LogP contribution in [0.15, 0.2) is 41.6 Å². The normalized spacial score (nSPS) is 18.9. The summed E-state index contributed by atoms with van der Waals surface area (Å²) in [7, 11) is 1.63. The van der Waals surface area contributed by atoms with Gasteiger partial charge in [-0.05, 0) is 29.8 Å². The van der Waals surface area contributed by atoms with Gasteiger partial charge in [0.2, 0.25) is 0 Å². The van der Waals surface area contributed by atoms with E-state index in [2.05, 4.69) is 11.2 Å². The van der Waals surface area contributed by atoms with Crippen LogP contribution in [0, 0.1) is 5.82 Å². The van der Waals surface area contributed by atoms with Crippen LogP contribution in [0.1, 0.15) is 29.2 Å². The Kier molecular flexibility index (Phi) is 3.41. The number of ether oxygens (including phenoxy) is 2. The van der Waals surface area contributed by atoms with Gasteiger partial charge in [0, 0.05) is 24.0 Å². The van der Waals surface area contributed by atoms with Crippen LogP contribution in [0.4, 0.5) is 4.39 Å². The van der Waals surface area contributed by atoms with Crippen molar-refractivity contribution in [1.29, 1.82) is 0 Å². The van der Waals surface area contributed by atoms with Crippen molar-refractivity contribution in [1.82, 2.24) is 0 Å². The van der Waals surface area contributed by atoms with Crippen molar-refractivity contribution in [2.75, 3.05) is 13.7 Å². The van der Waals surface area contributed by atoms with Crippen LogP contribution in [0.5, 0.6) is 11.5 Å². The lowest BCUT2D eigenvalue weighted by Crippen LogP contribution is -2.03. The summed E-state index contributed by atoms with van der Waals surface area (Å²) in [5.74, 6) is 1.26. The van der Waals surface area contributed by atoms with E-state index in [1.807, 2.05) is 12.1 Å². The molecule has 0 spiro atoms. The minimum absolute atomic E-state index is 0.254. The number of oxime groups is 1. The summed E-state index contributed by atoms with van der Waals surface area (Å²) in [5.41, 5.74) is 3.72. The molecule has 1 unspecified atom stereocenters. The Morgan fingerprint density at radius 2 is 2.17 bits per heavy atom. The fraction of sp³-hybridized carbons (Fsp3) is 0.278. The van der Waals surface area contributed by atoms with E-state index in [0.29, 0.717) is 18.8 Å². The van der Waals surface area contributed by atoms with E-state index in [1.165, 1.54) is 12.1 Å². The molecule has 1 atom stereocenters. The third-order valence-electron chi connectivity index (χ3n) is 4.19. The van der Waals surface area contributed by atoms with Gasteiger partial charge in [-0.1, -0.05) is 17.3 Å². The van der Waals surface area contributed by atoms with E-state index in [0.717, 1.165) is 34.6 Å². The fourth-order valence-electron chi connectivity index (χ4n) is 3.02. The van der Waals surface area contributed by atoms with Crippen molar-refractivity contribution in [2.45, 2.75) is 18.9 Å². The molecule has 23 heavy (non-hydrogen) atoms. The Morgan fingerprint density at radius 1 is 1.26 bits per heavy atom. The molecule has 118 valence electrons. The maximum absolute atomic E-state index is 13.4. The average molecular weight is 313 g/mol. The molecule has 0 fully saturated rings. The summed E-state index contributed by atoms with van der Waals surface area (Å²) in [6, 6.07) is 10.4. The van der Waals surface area contributed by atoms with Crippen molar-refractivity contribution < 1.29 is 18.7 Å². The van der Waals surface area contributed by atoms with Crippen molar-refractivity contribution in [3.63, 3.8) is 0 Å². The Bertz CT molecular complexity index is 788. The number of methoxy groups -OCH3 is 1. The largest absolute Gasteiger partial charge is 0.493 e. The van der Waals surface area contributed by atoms with Gasteiger partial charge in [0.25, 0.3) is 0 Å². The van der Waals surface area contributed by atoms with Crippen LogP contribution in [0.2, 0.25) is 0 Å². The molecule has 2 aliphatic heterocycles. The number of fused-ring (bicyclic) bond motifs is 1. The second-order valence-corrected chi connectivity index (χ2v) is 5.66. The minimum atomic E-state index is -0.268. The predicted octanol–water partition coefficient (Wildman–Crippen LogP) is 3.63. The molecule has 0 saturated carbocycles. The van der Waals surface area contributed by atoms with Gasteiger partial charge in [-0.2, -0.15) is 0 Å². The van der Waals surface area contributed by atoms with E-state index < -0.39 is 0 Å². The van der Waals surface area contributed by atoms with Gasteiger partial charge in [0.15, 0.2) is 17.6 Å². The molecule has 0 N–H and O–H groups in total. The quantitative estimate of drug-likeness (QED) is 0.868. The van der Waals surface area contributed by atoms with E-state index in [4.69, 9.17) is 14.3 Å². The van der Waals surface area contributed by atoms with E-state index in [-0.39, 0.29) is 11.9 Å². The van der Waals surface area contributed by atoms with Crippen LogP contribution < -0.4 is 9.47 Å². The highest BCUT2D eigenvalue weighted by atomic mass is 19.1. The Hall–Kier alpha value is -2.56. The summed E-state index contributed by atoms with van der Waals surface area (Å²) in [6.07, 6.45) is 1.21. The van der Waals surface area contributed by atoms with Gasteiger partial charge >= 0.3 is 0 Å². The standard InChI is InChI=1S/C18H16FNO3/c1-21-17-9-13(7-12-5-6-22-18(12)17)15-10-16(23-20-15)11-3-2-4-14(19)8-11/h2-4,7-9,16H,5-6,10H2,1H3. The lowest BCUT2D eigenvalue weighted by Gasteiger charge is -2.10. The molecule has 4 rings (SSSR count). The second-order valence-electron chi connectivity index (χ2n) is 5.66. The van der Waals surface area contributed by atoms with Gasteiger partial charge in [0.1, 0.15) is 5.82 Å². The summed E-state index contributed by atoms with van der Waals surface area (Å²) >= 11 is 0. The molecule has 0 aromatic heterocycles. The minimum Gasteiger partial charge on any atom is -0.493 e. The highest BCUT2D eigenvalue weighted by Gasteiger charge is 2.27. The summed E-state index contributed by atoms with van der Waals surface area (Å²) in [4.78, 5) is 5.50. The SMILES string of the molecule is COc1cc(C2=NOC(c3cccc(F)c3)C2)cc2c1OCC2. The van der Waals surface area contributed by atoms with Crippen molar-refractivity contribution in [3.8, 4) is 11.5 Å².